The molecule has 0 saturated carbocycles. The Balaban J connectivity index is 1.37. The van der Waals surface area contributed by atoms with Gasteiger partial charge in [-0.25, -0.2) is 8.78 Å². The third-order valence-electron chi connectivity index (χ3n) is 5.92. The molecule has 1 N–H and O–H groups in total. The fraction of sp³-hybridized carbons (Fsp3) is 0.550. The third-order valence-corrected chi connectivity index (χ3v) is 5.92. The average molecular weight is 375 g/mol. The van der Waals surface area contributed by atoms with Crippen LogP contribution in [0.2, 0.25) is 0 Å². The minimum Gasteiger partial charge on any atom is -0.306 e. The smallest absolute Gasteiger partial charge is 0.135 e. The van der Waals surface area contributed by atoms with Crippen molar-refractivity contribution < 1.29 is 8.78 Å². The van der Waals surface area contributed by atoms with Gasteiger partial charge >= 0.3 is 0 Å². The summed E-state index contributed by atoms with van der Waals surface area (Å²) in [5.41, 5.74) is 1.97. The SMILES string of the molecule is CN1CCC(N2CCN(Cc3cn[nH]c3-c3ccc(F)cc3F)CC2)CC1. The molecule has 146 valence electrons. The number of nitrogens with zero attached hydrogens (tertiary/aromatic N) is 4. The van der Waals surface area contributed by atoms with E-state index < -0.39 is 11.6 Å². The lowest BCUT2D eigenvalue weighted by atomic mass is 10.0. The molecule has 4 rings (SSSR count). The molecule has 2 aromatic rings. The average Bonchev–Trinajstić information content (AvgIpc) is 3.11. The highest BCUT2D eigenvalue weighted by Gasteiger charge is 2.27. The van der Waals surface area contributed by atoms with Crippen molar-refractivity contribution in [2.24, 2.45) is 0 Å². The van der Waals surface area contributed by atoms with Crippen molar-refractivity contribution in [1.82, 2.24) is 24.9 Å². The van der Waals surface area contributed by atoms with Gasteiger partial charge in [0.15, 0.2) is 0 Å². The van der Waals surface area contributed by atoms with Gasteiger partial charge in [-0.2, -0.15) is 5.10 Å². The second kappa shape index (κ2) is 8.04. The third kappa shape index (κ3) is 4.20. The minimum atomic E-state index is -0.567. The van der Waals surface area contributed by atoms with Crippen molar-refractivity contribution in [3.05, 3.63) is 41.6 Å². The Kier molecular flexibility index (Phi) is 5.52. The monoisotopic (exact) mass is 375 g/mol. The van der Waals surface area contributed by atoms with Crippen LogP contribution in [0.15, 0.2) is 24.4 Å². The number of aromatic nitrogens is 2. The Morgan fingerprint density at radius 3 is 2.52 bits per heavy atom. The molecular formula is C20H27F2N5. The van der Waals surface area contributed by atoms with Crippen LogP contribution >= 0.6 is 0 Å². The lowest BCUT2D eigenvalue weighted by molar-refractivity contribution is 0.0619. The van der Waals surface area contributed by atoms with E-state index in [1.165, 1.54) is 38.1 Å². The van der Waals surface area contributed by atoms with Crippen molar-refractivity contribution in [3.63, 3.8) is 0 Å². The first-order valence-electron chi connectivity index (χ1n) is 9.73. The molecule has 27 heavy (non-hydrogen) atoms. The molecule has 0 atom stereocenters. The number of nitrogens with one attached hydrogen (secondary N) is 1. The topological polar surface area (TPSA) is 38.4 Å². The van der Waals surface area contributed by atoms with Crippen molar-refractivity contribution in [3.8, 4) is 11.3 Å². The first-order chi connectivity index (χ1) is 13.1. The van der Waals surface area contributed by atoms with Crippen molar-refractivity contribution in [2.75, 3.05) is 46.3 Å². The summed E-state index contributed by atoms with van der Waals surface area (Å²) in [6, 6.07) is 4.38. The predicted octanol–water partition coefficient (Wildman–Crippen LogP) is 2.57. The number of piperazine rings is 1. The maximum atomic E-state index is 14.1. The van der Waals surface area contributed by atoms with Crippen LogP contribution in [0.3, 0.4) is 0 Å². The Morgan fingerprint density at radius 2 is 1.81 bits per heavy atom. The van der Waals surface area contributed by atoms with Gasteiger partial charge in [-0.05, 0) is 45.1 Å². The van der Waals surface area contributed by atoms with E-state index in [1.807, 2.05) is 0 Å². The molecule has 0 radical (unpaired) electrons. The molecule has 0 amide bonds. The molecule has 2 fully saturated rings. The van der Waals surface area contributed by atoms with Gasteiger partial charge in [0.1, 0.15) is 11.6 Å². The molecule has 3 heterocycles. The van der Waals surface area contributed by atoms with E-state index in [4.69, 9.17) is 0 Å². The summed E-state index contributed by atoms with van der Waals surface area (Å²) in [6.07, 6.45) is 4.26. The summed E-state index contributed by atoms with van der Waals surface area (Å²) in [5.74, 6) is -1.13. The van der Waals surface area contributed by atoms with Crippen LogP contribution in [0.1, 0.15) is 18.4 Å². The fourth-order valence-electron chi connectivity index (χ4n) is 4.24. The second-order valence-corrected chi connectivity index (χ2v) is 7.74. The maximum absolute atomic E-state index is 14.1. The highest BCUT2D eigenvalue weighted by molar-refractivity contribution is 5.63. The zero-order valence-electron chi connectivity index (χ0n) is 15.8. The number of hydrogen-bond donors (Lipinski definition) is 1. The molecule has 7 heteroatoms. The number of rotatable bonds is 4. The van der Waals surface area contributed by atoms with Crippen LogP contribution in [-0.4, -0.2) is 77.3 Å². The Labute approximate surface area is 158 Å². The number of hydrogen-bond acceptors (Lipinski definition) is 4. The number of aromatic amines is 1. The van der Waals surface area contributed by atoms with E-state index in [0.717, 1.165) is 44.4 Å². The van der Waals surface area contributed by atoms with E-state index in [0.29, 0.717) is 17.3 Å². The molecule has 2 aliphatic heterocycles. The summed E-state index contributed by atoms with van der Waals surface area (Å²) in [7, 11) is 2.20. The van der Waals surface area contributed by atoms with Gasteiger partial charge in [-0.3, -0.25) is 14.9 Å². The number of benzene rings is 1. The number of likely N-dealkylation sites (tertiary alicyclic amines) is 1. The van der Waals surface area contributed by atoms with E-state index in [9.17, 15) is 8.78 Å². The highest BCUT2D eigenvalue weighted by atomic mass is 19.1. The molecule has 0 aliphatic carbocycles. The molecule has 5 nitrogen and oxygen atoms in total. The van der Waals surface area contributed by atoms with Crippen LogP contribution in [0.4, 0.5) is 8.78 Å². The van der Waals surface area contributed by atoms with Crippen LogP contribution in [-0.2, 0) is 6.54 Å². The number of halogens is 2. The van der Waals surface area contributed by atoms with Crippen molar-refractivity contribution in [2.45, 2.75) is 25.4 Å². The molecule has 0 bridgehead atoms. The van der Waals surface area contributed by atoms with E-state index >= 15 is 0 Å². The van der Waals surface area contributed by atoms with Gasteiger partial charge in [-0.1, -0.05) is 0 Å². The molecule has 2 aliphatic rings. The van der Waals surface area contributed by atoms with E-state index in [2.05, 4.69) is 31.9 Å². The lowest BCUT2D eigenvalue weighted by Gasteiger charge is -2.42. The summed E-state index contributed by atoms with van der Waals surface area (Å²) in [5, 5.41) is 6.98. The van der Waals surface area contributed by atoms with Gasteiger partial charge < -0.3 is 4.90 Å². The molecule has 1 aromatic heterocycles. The largest absolute Gasteiger partial charge is 0.306 e. The highest BCUT2D eigenvalue weighted by Crippen LogP contribution is 2.26. The Morgan fingerprint density at radius 1 is 1.07 bits per heavy atom. The zero-order valence-corrected chi connectivity index (χ0v) is 15.8. The van der Waals surface area contributed by atoms with Gasteiger partial charge in [0, 0.05) is 56.0 Å². The maximum Gasteiger partial charge on any atom is 0.135 e. The normalized spacial score (nSPS) is 21.0. The quantitative estimate of drug-likeness (QED) is 0.892. The minimum absolute atomic E-state index is 0.369. The molecular weight excluding hydrogens is 348 g/mol. The predicted molar refractivity (Wildman–Crippen MR) is 101 cm³/mol. The fourth-order valence-corrected chi connectivity index (χ4v) is 4.24. The molecule has 0 spiro atoms. The molecule has 0 unspecified atom stereocenters. The number of piperidine rings is 1. The molecule has 1 aromatic carbocycles. The van der Waals surface area contributed by atoms with Crippen LogP contribution in [0, 0.1) is 11.6 Å². The Bertz CT molecular complexity index is 761. The molecule has 2 saturated heterocycles. The van der Waals surface area contributed by atoms with Gasteiger partial charge in [0.05, 0.1) is 11.9 Å². The van der Waals surface area contributed by atoms with E-state index in [-0.39, 0.29) is 0 Å². The van der Waals surface area contributed by atoms with Crippen LogP contribution in [0.25, 0.3) is 11.3 Å². The van der Waals surface area contributed by atoms with Gasteiger partial charge in [0.25, 0.3) is 0 Å². The van der Waals surface area contributed by atoms with Crippen LogP contribution in [0.5, 0.6) is 0 Å². The lowest BCUT2D eigenvalue weighted by Crippen LogP contribution is -2.52. The van der Waals surface area contributed by atoms with E-state index in [1.54, 1.807) is 6.20 Å². The van der Waals surface area contributed by atoms with Crippen molar-refractivity contribution >= 4 is 0 Å². The summed E-state index contributed by atoms with van der Waals surface area (Å²) in [6.45, 7) is 7.26. The van der Waals surface area contributed by atoms with Crippen molar-refractivity contribution in [1.29, 1.82) is 0 Å². The first kappa shape index (κ1) is 18.5. The first-order valence-corrected chi connectivity index (χ1v) is 9.73. The van der Waals surface area contributed by atoms with Gasteiger partial charge in [0.2, 0.25) is 0 Å². The Hall–Kier alpha value is -1.83. The van der Waals surface area contributed by atoms with Gasteiger partial charge in [-0.15, -0.1) is 0 Å². The summed E-state index contributed by atoms with van der Waals surface area (Å²) >= 11 is 0. The van der Waals surface area contributed by atoms with Crippen LogP contribution < -0.4 is 0 Å². The summed E-state index contributed by atoms with van der Waals surface area (Å²) < 4.78 is 27.3. The second-order valence-electron chi connectivity index (χ2n) is 7.74. The zero-order chi connectivity index (χ0) is 18.8. The summed E-state index contributed by atoms with van der Waals surface area (Å²) in [4.78, 5) is 7.42. The standard InChI is InChI=1S/C20H27F2N5/c1-25-6-4-17(5-7-25)27-10-8-26(9-11-27)14-15-13-23-24-20(15)18-3-2-16(21)12-19(18)22/h2-3,12-13,17H,4-11,14H2,1H3,(H,23,24). The number of H-pyrrole nitrogens is 1.